The number of amides is 4. The maximum absolute atomic E-state index is 12.9. The van der Waals surface area contributed by atoms with Gasteiger partial charge in [0.15, 0.2) is 0 Å². The van der Waals surface area contributed by atoms with Gasteiger partial charge in [0.25, 0.3) is 21.8 Å². The van der Waals surface area contributed by atoms with E-state index in [0.717, 1.165) is 4.90 Å². The number of piperidine rings is 1. The lowest BCUT2D eigenvalue weighted by atomic mass is 10.0. The van der Waals surface area contributed by atoms with Crippen molar-refractivity contribution in [3.8, 4) is 5.75 Å². The molecule has 0 bridgehead atoms. The van der Waals surface area contributed by atoms with Gasteiger partial charge in [-0.25, -0.2) is 8.42 Å². The van der Waals surface area contributed by atoms with E-state index < -0.39 is 39.7 Å². The molecule has 2 aliphatic rings. The molecule has 0 spiro atoms. The van der Waals surface area contributed by atoms with Crippen LogP contribution in [0.5, 0.6) is 5.75 Å². The highest BCUT2D eigenvalue weighted by Crippen LogP contribution is 2.32. The normalized spacial score (nSPS) is 18.4. The third-order valence-corrected chi connectivity index (χ3v) is 6.74. The Morgan fingerprint density at radius 3 is 2.47 bits per heavy atom. The van der Waals surface area contributed by atoms with Crippen LogP contribution in [-0.2, 0) is 19.6 Å². The Labute approximate surface area is 187 Å². The predicted octanol–water partition coefficient (Wildman–Crippen LogP) is 1.55. The monoisotopic (exact) mass is 477 g/mol. The standard InChI is InChI=1S/C20H16ClN3O7S/c1-31-15-6-2-10(21)8-16(15)32(29,30)23-11-3-4-12-13(9-11)20(28)24(19(12)27)14-5-7-17(25)22-18(14)26/h2-4,6,8-9,14,23H,5,7H2,1H3,(H,22,25,26). The van der Waals surface area contributed by atoms with Crippen molar-refractivity contribution < 1.29 is 32.3 Å². The predicted molar refractivity (Wildman–Crippen MR) is 112 cm³/mol. The summed E-state index contributed by atoms with van der Waals surface area (Å²) in [6.07, 6.45) is 0.0144. The molecule has 1 unspecified atom stereocenters. The Kier molecular flexibility index (Phi) is 5.39. The van der Waals surface area contributed by atoms with Gasteiger partial charge in [-0.1, -0.05) is 11.6 Å². The van der Waals surface area contributed by atoms with Crippen molar-refractivity contribution in [3.63, 3.8) is 0 Å². The van der Waals surface area contributed by atoms with Gasteiger partial charge in [-0.15, -0.1) is 0 Å². The van der Waals surface area contributed by atoms with Gasteiger partial charge in [-0.05, 0) is 42.8 Å². The molecule has 0 aromatic heterocycles. The first-order chi connectivity index (χ1) is 15.1. The van der Waals surface area contributed by atoms with Gasteiger partial charge in [0, 0.05) is 17.1 Å². The summed E-state index contributed by atoms with van der Waals surface area (Å²) >= 11 is 5.92. The van der Waals surface area contributed by atoms with Gasteiger partial charge < -0.3 is 4.74 Å². The molecule has 2 aliphatic heterocycles. The zero-order chi connectivity index (χ0) is 23.2. The SMILES string of the molecule is COc1ccc(Cl)cc1S(=O)(=O)Nc1ccc2c(c1)C(=O)N(C1CCC(=O)NC1=O)C2=O. The molecule has 166 valence electrons. The van der Waals surface area contributed by atoms with Crippen LogP contribution in [0.4, 0.5) is 5.69 Å². The van der Waals surface area contributed by atoms with Crippen molar-refractivity contribution in [2.45, 2.75) is 23.8 Å². The lowest BCUT2D eigenvalue weighted by Crippen LogP contribution is -2.54. The van der Waals surface area contributed by atoms with Gasteiger partial charge in [-0.2, -0.15) is 0 Å². The van der Waals surface area contributed by atoms with Crippen LogP contribution >= 0.6 is 11.6 Å². The molecule has 0 saturated carbocycles. The second-order valence-corrected chi connectivity index (χ2v) is 9.20. The second kappa shape index (κ2) is 7.92. The third kappa shape index (κ3) is 3.69. The number of benzene rings is 2. The number of halogens is 1. The van der Waals surface area contributed by atoms with Gasteiger partial charge in [0.2, 0.25) is 11.8 Å². The third-order valence-electron chi connectivity index (χ3n) is 5.11. The van der Waals surface area contributed by atoms with Crippen LogP contribution in [-0.4, -0.2) is 50.1 Å². The Hall–Kier alpha value is -3.44. The number of sulfonamides is 1. The number of carbonyl (C=O) groups excluding carboxylic acids is 4. The van der Waals surface area contributed by atoms with Crippen LogP contribution in [0.3, 0.4) is 0 Å². The number of fused-ring (bicyclic) bond motifs is 1. The lowest BCUT2D eigenvalue weighted by molar-refractivity contribution is -0.136. The number of methoxy groups -OCH3 is 1. The number of imide groups is 2. The molecule has 2 aromatic carbocycles. The van der Waals surface area contributed by atoms with E-state index >= 15 is 0 Å². The van der Waals surface area contributed by atoms with Gasteiger partial charge in [-0.3, -0.25) is 34.1 Å². The summed E-state index contributed by atoms with van der Waals surface area (Å²) in [6, 6.07) is 6.82. The molecule has 4 amide bonds. The minimum Gasteiger partial charge on any atom is -0.495 e. The Morgan fingerprint density at radius 1 is 1.06 bits per heavy atom. The fourth-order valence-electron chi connectivity index (χ4n) is 3.61. The molecule has 2 N–H and O–H groups in total. The zero-order valence-corrected chi connectivity index (χ0v) is 18.1. The molecule has 0 radical (unpaired) electrons. The quantitative estimate of drug-likeness (QED) is 0.623. The number of nitrogens with one attached hydrogen (secondary N) is 2. The topological polar surface area (TPSA) is 139 Å². The Balaban J connectivity index is 1.64. The number of hydrogen-bond acceptors (Lipinski definition) is 7. The molecule has 12 heteroatoms. The van der Waals surface area contributed by atoms with E-state index in [-0.39, 0.29) is 45.3 Å². The number of hydrogen-bond donors (Lipinski definition) is 2. The van der Waals surface area contributed by atoms with Gasteiger partial charge >= 0.3 is 0 Å². The summed E-state index contributed by atoms with van der Waals surface area (Å²) in [5.74, 6) is -2.58. The Bertz CT molecular complexity index is 1290. The summed E-state index contributed by atoms with van der Waals surface area (Å²) in [7, 11) is -2.84. The largest absolute Gasteiger partial charge is 0.495 e. The minimum atomic E-state index is -4.15. The molecule has 4 rings (SSSR count). The number of rotatable bonds is 5. The van der Waals surface area contributed by atoms with Crippen molar-refractivity contribution in [1.82, 2.24) is 10.2 Å². The van der Waals surface area contributed by atoms with Crippen LogP contribution in [0.1, 0.15) is 33.6 Å². The van der Waals surface area contributed by atoms with E-state index in [0.29, 0.717) is 0 Å². The average Bonchev–Trinajstić information content (AvgIpc) is 2.98. The fraction of sp³-hybridized carbons (Fsp3) is 0.200. The number of anilines is 1. The highest BCUT2D eigenvalue weighted by atomic mass is 35.5. The van der Waals surface area contributed by atoms with Crippen molar-refractivity contribution in [3.05, 3.63) is 52.5 Å². The molecule has 1 saturated heterocycles. The minimum absolute atomic E-state index is 0.00364. The lowest BCUT2D eigenvalue weighted by Gasteiger charge is -2.27. The summed E-state index contributed by atoms with van der Waals surface area (Å²) in [5.41, 5.74) is -0.00186. The first-order valence-electron chi connectivity index (χ1n) is 9.34. The van der Waals surface area contributed by atoms with Crippen molar-refractivity contribution in [1.29, 1.82) is 0 Å². The van der Waals surface area contributed by atoms with E-state index in [9.17, 15) is 27.6 Å². The number of nitrogens with zero attached hydrogens (tertiary/aromatic N) is 1. The van der Waals surface area contributed by atoms with Crippen molar-refractivity contribution >= 4 is 50.9 Å². The summed E-state index contributed by atoms with van der Waals surface area (Å²) in [5, 5.41) is 2.29. The second-order valence-electron chi connectivity index (χ2n) is 7.11. The molecule has 1 atom stereocenters. The van der Waals surface area contributed by atoms with E-state index in [4.69, 9.17) is 16.3 Å². The average molecular weight is 478 g/mol. The van der Waals surface area contributed by atoms with Crippen LogP contribution in [0.25, 0.3) is 0 Å². The molecule has 2 heterocycles. The molecule has 32 heavy (non-hydrogen) atoms. The van der Waals surface area contributed by atoms with Crippen LogP contribution in [0, 0.1) is 0 Å². The number of carbonyl (C=O) groups is 4. The molecule has 2 aromatic rings. The van der Waals surface area contributed by atoms with Crippen LogP contribution in [0.15, 0.2) is 41.3 Å². The van der Waals surface area contributed by atoms with Crippen LogP contribution in [0.2, 0.25) is 5.02 Å². The van der Waals surface area contributed by atoms with Crippen molar-refractivity contribution in [2.75, 3.05) is 11.8 Å². The zero-order valence-electron chi connectivity index (χ0n) is 16.5. The first kappa shape index (κ1) is 21.8. The molecule has 10 nitrogen and oxygen atoms in total. The molecular formula is C20H16ClN3O7S. The first-order valence-corrected chi connectivity index (χ1v) is 11.2. The van der Waals surface area contributed by atoms with E-state index in [1.807, 2.05) is 0 Å². The van der Waals surface area contributed by atoms with Crippen LogP contribution < -0.4 is 14.8 Å². The van der Waals surface area contributed by atoms with Gasteiger partial charge in [0.1, 0.15) is 16.7 Å². The molecular weight excluding hydrogens is 462 g/mol. The smallest absolute Gasteiger partial charge is 0.265 e. The fourth-order valence-corrected chi connectivity index (χ4v) is 5.09. The van der Waals surface area contributed by atoms with Crippen molar-refractivity contribution in [2.24, 2.45) is 0 Å². The maximum Gasteiger partial charge on any atom is 0.265 e. The van der Waals surface area contributed by atoms with E-state index in [1.54, 1.807) is 0 Å². The van der Waals surface area contributed by atoms with E-state index in [1.165, 1.54) is 43.5 Å². The highest BCUT2D eigenvalue weighted by Gasteiger charge is 2.44. The summed E-state index contributed by atoms with van der Waals surface area (Å²) < 4.78 is 33.2. The van der Waals surface area contributed by atoms with Gasteiger partial charge in [0.05, 0.1) is 18.2 Å². The highest BCUT2D eigenvalue weighted by molar-refractivity contribution is 7.92. The van der Waals surface area contributed by atoms with E-state index in [2.05, 4.69) is 10.0 Å². The number of ether oxygens (including phenoxy) is 1. The summed E-state index contributed by atoms with van der Waals surface area (Å²) in [4.78, 5) is 49.7. The maximum atomic E-state index is 12.9. The summed E-state index contributed by atoms with van der Waals surface area (Å²) in [6.45, 7) is 0. The molecule has 1 fully saturated rings. The molecule has 0 aliphatic carbocycles. The Morgan fingerprint density at radius 2 is 1.78 bits per heavy atom.